The summed E-state index contributed by atoms with van der Waals surface area (Å²) in [6.07, 6.45) is 5.61. The van der Waals surface area contributed by atoms with E-state index in [4.69, 9.17) is 14.0 Å². The lowest BCUT2D eigenvalue weighted by Gasteiger charge is -2.32. The Morgan fingerprint density at radius 1 is 1.29 bits per heavy atom. The molecule has 0 spiro atoms. The molecule has 1 aliphatic heterocycles. The molecule has 0 atom stereocenters. The van der Waals surface area contributed by atoms with Crippen LogP contribution in [0.1, 0.15) is 67.7 Å². The van der Waals surface area contributed by atoms with Crippen molar-refractivity contribution in [3.05, 3.63) is 12.4 Å². The van der Waals surface area contributed by atoms with E-state index >= 15 is 0 Å². The Morgan fingerprint density at radius 2 is 1.88 bits per heavy atom. The molecule has 6 nitrogen and oxygen atoms in total. The van der Waals surface area contributed by atoms with Crippen molar-refractivity contribution in [1.82, 2.24) is 9.78 Å². The number of carbonyl (C=O) groups is 1. The minimum absolute atomic E-state index is 0.428. The number of carbonyl (C=O) groups excluding carboxylic acids is 1. The van der Waals surface area contributed by atoms with Crippen LogP contribution in [0.2, 0.25) is 0 Å². The molecule has 134 valence electrons. The van der Waals surface area contributed by atoms with Crippen molar-refractivity contribution in [2.24, 2.45) is 0 Å². The van der Waals surface area contributed by atoms with Crippen LogP contribution in [-0.2, 0) is 14.0 Å². The fourth-order valence-electron chi connectivity index (χ4n) is 2.47. The molecule has 1 saturated heterocycles. The predicted octanol–water partition coefficient (Wildman–Crippen LogP) is 3.14. The third kappa shape index (κ3) is 4.01. The predicted molar refractivity (Wildman–Crippen MR) is 93.4 cm³/mol. The summed E-state index contributed by atoms with van der Waals surface area (Å²) < 4.78 is 18.7. The Hall–Kier alpha value is -1.34. The molecule has 2 heterocycles. The zero-order valence-corrected chi connectivity index (χ0v) is 15.9. The van der Waals surface area contributed by atoms with Crippen LogP contribution in [0.3, 0.4) is 0 Å². The summed E-state index contributed by atoms with van der Waals surface area (Å²) in [7, 11) is -0.537. The molecule has 0 N–H and O–H groups in total. The summed E-state index contributed by atoms with van der Waals surface area (Å²) in [6.45, 7) is 13.9. The molecule has 1 aromatic heterocycles. The van der Waals surface area contributed by atoms with Gasteiger partial charge in [0.15, 0.2) is 0 Å². The lowest BCUT2D eigenvalue weighted by molar-refractivity contribution is 0.00578. The Labute approximate surface area is 145 Å². The molecule has 0 radical (unpaired) electrons. The summed E-state index contributed by atoms with van der Waals surface area (Å²) in [5.74, 6) is 0. The summed E-state index contributed by atoms with van der Waals surface area (Å²) in [5.41, 5.74) is -0.661. The van der Waals surface area contributed by atoms with Gasteiger partial charge in [-0.3, -0.25) is 0 Å². The molecule has 1 fully saturated rings. The molecule has 0 bridgehead atoms. The average molecular weight is 336 g/mol. The zero-order valence-electron chi connectivity index (χ0n) is 15.9. The van der Waals surface area contributed by atoms with Gasteiger partial charge >= 0.3 is 13.2 Å². The van der Waals surface area contributed by atoms with Crippen molar-refractivity contribution in [3.8, 4) is 0 Å². The summed E-state index contributed by atoms with van der Waals surface area (Å²) in [6, 6.07) is 0. The molecule has 0 aliphatic carbocycles. The van der Waals surface area contributed by atoms with Gasteiger partial charge in [0.05, 0.1) is 11.2 Å². The van der Waals surface area contributed by atoms with Crippen LogP contribution >= 0.6 is 0 Å². The molecule has 7 heteroatoms. The van der Waals surface area contributed by atoms with Crippen LogP contribution < -0.4 is 5.46 Å². The van der Waals surface area contributed by atoms with E-state index in [0.717, 1.165) is 19.3 Å². The van der Waals surface area contributed by atoms with Crippen LogP contribution in [0.4, 0.5) is 4.79 Å². The van der Waals surface area contributed by atoms with Gasteiger partial charge < -0.3 is 14.0 Å². The number of hydrogen-bond donors (Lipinski definition) is 0. The second kappa shape index (κ2) is 6.52. The zero-order chi connectivity index (χ0) is 18.2. The minimum atomic E-state index is -0.537. The lowest BCUT2D eigenvalue weighted by Crippen LogP contribution is -2.41. The Bertz CT molecular complexity index is 579. The molecule has 1 aromatic rings. The van der Waals surface area contributed by atoms with Crippen LogP contribution in [0.25, 0.3) is 0 Å². The molecule has 24 heavy (non-hydrogen) atoms. The molecular weight excluding hydrogens is 307 g/mol. The van der Waals surface area contributed by atoms with Crippen molar-refractivity contribution in [3.63, 3.8) is 0 Å². The van der Waals surface area contributed by atoms with Gasteiger partial charge in [-0.25, -0.2) is 4.79 Å². The summed E-state index contributed by atoms with van der Waals surface area (Å²) in [4.78, 5) is 12.3. The van der Waals surface area contributed by atoms with E-state index in [-0.39, 0.29) is 0 Å². The highest BCUT2D eigenvalue weighted by molar-refractivity contribution is 6.62. The largest absolute Gasteiger partial charge is 0.498 e. The van der Waals surface area contributed by atoms with Crippen molar-refractivity contribution in [1.29, 1.82) is 0 Å². The minimum Gasteiger partial charge on any atom is -0.442 e. The first kappa shape index (κ1) is 19.0. The number of aromatic nitrogens is 2. The maximum absolute atomic E-state index is 12.3. The van der Waals surface area contributed by atoms with Gasteiger partial charge in [-0.1, -0.05) is 13.3 Å². The van der Waals surface area contributed by atoms with Crippen LogP contribution in [0, 0.1) is 0 Å². The van der Waals surface area contributed by atoms with Gasteiger partial charge in [0.1, 0.15) is 5.60 Å². The standard InChI is InChI=1S/C17H29BN2O4/c1-8-9-10-15(2,3)22-14(21)20-12-13(11-19-20)18-23-16(4,5)17(6,7)24-18/h11-12H,8-10H2,1-7H3. The number of nitrogens with zero attached hydrogens (tertiary/aromatic N) is 2. The van der Waals surface area contributed by atoms with E-state index in [1.54, 1.807) is 12.4 Å². The normalized spacial score (nSPS) is 19.5. The summed E-state index contributed by atoms with van der Waals surface area (Å²) >= 11 is 0. The third-order valence-corrected chi connectivity index (χ3v) is 4.81. The molecule has 0 amide bonds. The first-order valence-electron chi connectivity index (χ1n) is 8.61. The van der Waals surface area contributed by atoms with Crippen LogP contribution in [0.5, 0.6) is 0 Å². The first-order chi connectivity index (χ1) is 11.0. The van der Waals surface area contributed by atoms with Crippen molar-refractivity contribution >= 4 is 18.7 Å². The quantitative estimate of drug-likeness (QED) is 0.773. The summed E-state index contributed by atoms with van der Waals surface area (Å²) in [5, 5.41) is 4.10. The highest BCUT2D eigenvalue weighted by atomic mass is 16.7. The van der Waals surface area contributed by atoms with Crippen molar-refractivity contribution < 1.29 is 18.8 Å². The molecule has 0 aromatic carbocycles. The highest BCUT2D eigenvalue weighted by Gasteiger charge is 2.52. The van der Waals surface area contributed by atoms with Crippen LogP contribution in [-0.4, -0.2) is 39.8 Å². The third-order valence-electron chi connectivity index (χ3n) is 4.81. The van der Waals surface area contributed by atoms with Gasteiger partial charge in [0, 0.05) is 17.9 Å². The molecule has 0 saturated carbocycles. The maximum Gasteiger partial charge on any atom is 0.498 e. The SMILES string of the molecule is CCCCC(C)(C)OC(=O)n1cc(B2OC(C)(C)C(C)(C)O2)cn1. The van der Waals surface area contributed by atoms with E-state index in [1.807, 2.05) is 41.5 Å². The van der Waals surface area contributed by atoms with E-state index in [9.17, 15) is 4.79 Å². The monoisotopic (exact) mass is 336 g/mol. The van der Waals surface area contributed by atoms with Gasteiger partial charge in [0.2, 0.25) is 0 Å². The van der Waals surface area contributed by atoms with E-state index in [1.165, 1.54) is 4.68 Å². The Morgan fingerprint density at radius 3 is 2.42 bits per heavy atom. The lowest BCUT2D eigenvalue weighted by atomic mass is 9.82. The molecule has 0 unspecified atom stereocenters. The van der Waals surface area contributed by atoms with Gasteiger partial charge in [-0.15, -0.1) is 0 Å². The number of rotatable bonds is 5. The van der Waals surface area contributed by atoms with E-state index < -0.39 is 30.0 Å². The van der Waals surface area contributed by atoms with Crippen molar-refractivity contribution in [2.45, 2.75) is 84.5 Å². The topological polar surface area (TPSA) is 62.6 Å². The molecular formula is C17H29BN2O4. The smallest absolute Gasteiger partial charge is 0.442 e. The maximum atomic E-state index is 12.3. The van der Waals surface area contributed by atoms with E-state index in [2.05, 4.69) is 12.0 Å². The number of hydrogen-bond acceptors (Lipinski definition) is 5. The Kier molecular flexibility index (Phi) is 5.16. The average Bonchev–Trinajstić information content (AvgIpc) is 3.00. The second-order valence-electron chi connectivity index (χ2n) is 8.04. The number of ether oxygens (including phenoxy) is 1. The molecule has 2 rings (SSSR count). The first-order valence-corrected chi connectivity index (χ1v) is 8.61. The van der Waals surface area contributed by atoms with Gasteiger partial charge in [-0.05, 0) is 54.4 Å². The fraction of sp³-hybridized carbons (Fsp3) is 0.765. The Balaban J connectivity index is 2.05. The fourth-order valence-corrected chi connectivity index (χ4v) is 2.47. The van der Waals surface area contributed by atoms with Crippen LogP contribution in [0.15, 0.2) is 12.4 Å². The second-order valence-corrected chi connectivity index (χ2v) is 8.04. The van der Waals surface area contributed by atoms with Gasteiger partial charge in [-0.2, -0.15) is 9.78 Å². The van der Waals surface area contributed by atoms with Crippen molar-refractivity contribution in [2.75, 3.05) is 0 Å². The van der Waals surface area contributed by atoms with Gasteiger partial charge in [0.25, 0.3) is 0 Å². The number of unbranched alkanes of at least 4 members (excludes halogenated alkanes) is 1. The molecule has 1 aliphatic rings. The highest BCUT2D eigenvalue weighted by Crippen LogP contribution is 2.36. The van der Waals surface area contributed by atoms with E-state index in [0.29, 0.717) is 5.46 Å².